The van der Waals surface area contributed by atoms with Gasteiger partial charge in [-0.2, -0.15) is 0 Å². The maximum atomic E-state index is 13.0. The summed E-state index contributed by atoms with van der Waals surface area (Å²) in [6, 6.07) is 21.0. The smallest absolute Gasteiger partial charge is 0.262 e. The van der Waals surface area contributed by atoms with Crippen LogP contribution < -0.4 is 20.1 Å². The molecule has 3 aromatic carbocycles. The Bertz CT molecular complexity index is 1280. The molecular weight excluding hydrogens is 466 g/mol. The van der Waals surface area contributed by atoms with E-state index in [4.69, 9.17) is 4.74 Å². The summed E-state index contributed by atoms with van der Waals surface area (Å²) < 4.78 is 33.6. The zero-order valence-electron chi connectivity index (χ0n) is 19.8. The molecular formula is C26H29N3O5S. The first-order valence-corrected chi connectivity index (χ1v) is 12.6. The van der Waals surface area contributed by atoms with E-state index in [1.807, 2.05) is 44.2 Å². The van der Waals surface area contributed by atoms with Gasteiger partial charge in [-0.3, -0.25) is 14.3 Å². The van der Waals surface area contributed by atoms with Crippen LogP contribution in [0.2, 0.25) is 0 Å². The molecule has 0 aliphatic rings. The number of sulfonamides is 1. The van der Waals surface area contributed by atoms with Crippen molar-refractivity contribution in [3.8, 4) is 5.75 Å². The first-order valence-electron chi connectivity index (χ1n) is 11.1. The summed E-state index contributed by atoms with van der Waals surface area (Å²) in [5, 5.41) is 5.50. The summed E-state index contributed by atoms with van der Waals surface area (Å²) in [6.45, 7) is 3.65. The van der Waals surface area contributed by atoms with Gasteiger partial charge >= 0.3 is 0 Å². The van der Waals surface area contributed by atoms with Crippen molar-refractivity contribution in [3.63, 3.8) is 0 Å². The molecule has 0 heterocycles. The number of hydrogen-bond acceptors (Lipinski definition) is 5. The molecule has 0 spiro atoms. The molecule has 35 heavy (non-hydrogen) atoms. The first-order chi connectivity index (χ1) is 16.7. The number of benzene rings is 3. The van der Waals surface area contributed by atoms with Crippen molar-refractivity contribution >= 4 is 33.2 Å². The summed E-state index contributed by atoms with van der Waals surface area (Å²) >= 11 is 0. The number of carbonyl (C=O) groups is 2. The molecule has 0 fully saturated rings. The van der Waals surface area contributed by atoms with Crippen LogP contribution in [0, 0.1) is 5.92 Å². The fourth-order valence-electron chi connectivity index (χ4n) is 3.43. The van der Waals surface area contributed by atoms with Crippen molar-refractivity contribution < 1.29 is 22.7 Å². The van der Waals surface area contributed by atoms with Crippen LogP contribution in [0.4, 0.5) is 11.4 Å². The molecule has 9 heteroatoms. The van der Waals surface area contributed by atoms with Crippen LogP contribution in [0.25, 0.3) is 0 Å². The Hall–Kier alpha value is -3.85. The molecule has 3 rings (SSSR count). The third-order valence-electron chi connectivity index (χ3n) is 5.24. The van der Waals surface area contributed by atoms with Crippen molar-refractivity contribution in [1.82, 2.24) is 5.32 Å². The minimum Gasteiger partial charge on any atom is -0.495 e. The SMILES string of the molecule is COc1ccccc1NS(=O)(=O)c1cccc(NC(=O)[C@@H](NC(=O)Cc2ccccc2)C(C)C)c1. The topological polar surface area (TPSA) is 114 Å². The van der Waals surface area contributed by atoms with E-state index in [1.165, 1.54) is 25.3 Å². The maximum Gasteiger partial charge on any atom is 0.262 e. The lowest BCUT2D eigenvalue weighted by molar-refractivity contribution is -0.127. The Balaban J connectivity index is 1.72. The third-order valence-corrected chi connectivity index (χ3v) is 6.60. The summed E-state index contributed by atoms with van der Waals surface area (Å²) in [7, 11) is -2.49. The van der Waals surface area contributed by atoms with E-state index in [2.05, 4.69) is 15.4 Å². The highest BCUT2D eigenvalue weighted by molar-refractivity contribution is 7.92. The predicted molar refractivity (Wildman–Crippen MR) is 136 cm³/mol. The minimum atomic E-state index is -3.95. The van der Waals surface area contributed by atoms with Crippen LogP contribution in [0.15, 0.2) is 83.8 Å². The monoisotopic (exact) mass is 495 g/mol. The van der Waals surface area contributed by atoms with E-state index in [1.54, 1.807) is 30.3 Å². The van der Waals surface area contributed by atoms with Crippen LogP contribution in [0.1, 0.15) is 19.4 Å². The van der Waals surface area contributed by atoms with E-state index in [0.717, 1.165) is 5.56 Å². The summed E-state index contributed by atoms with van der Waals surface area (Å²) in [5.41, 5.74) is 1.43. The molecule has 8 nitrogen and oxygen atoms in total. The number of rotatable bonds is 10. The van der Waals surface area contributed by atoms with Crippen molar-refractivity contribution in [1.29, 1.82) is 0 Å². The van der Waals surface area contributed by atoms with Gasteiger partial charge in [-0.25, -0.2) is 8.42 Å². The molecule has 0 aliphatic heterocycles. The Labute approximate surface area is 205 Å². The highest BCUT2D eigenvalue weighted by Gasteiger charge is 2.25. The van der Waals surface area contributed by atoms with Gasteiger partial charge in [0.15, 0.2) is 0 Å². The summed E-state index contributed by atoms with van der Waals surface area (Å²) in [6.07, 6.45) is 0.152. The minimum absolute atomic E-state index is 0.0320. The molecule has 0 unspecified atom stereocenters. The quantitative estimate of drug-likeness (QED) is 0.396. The molecule has 0 aromatic heterocycles. The Kier molecular flexibility index (Phi) is 8.48. The molecule has 2 amide bonds. The van der Waals surface area contributed by atoms with Crippen molar-refractivity contribution in [3.05, 3.63) is 84.4 Å². The lowest BCUT2D eigenvalue weighted by Gasteiger charge is -2.22. The fraction of sp³-hybridized carbons (Fsp3) is 0.231. The van der Waals surface area contributed by atoms with E-state index in [-0.39, 0.29) is 23.1 Å². The molecule has 0 aliphatic carbocycles. The van der Waals surface area contributed by atoms with Gasteiger partial charge in [0.1, 0.15) is 11.8 Å². The van der Waals surface area contributed by atoms with Gasteiger partial charge < -0.3 is 15.4 Å². The fourth-order valence-corrected chi connectivity index (χ4v) is 4.55. The Morgan fingerprint density at radius 2 is 1.60 bits per heavy atom. The van der Waals surface area contributed by atoms with Gasteiger partial charge in [-0.15, -0.1) is 0 Å². The zero-order chi connectivity index (χ0) is 25.4. The molecule has 3 aromatic rings. The predicted octanol–water partition coefficient (Wildman–Crippen LogP) is 3.82. The number of carbonyl (C=O) groups excluding carboxylic acids is 2. The second kappa shape index (κ2) is 11.5. The van der Waals surface area contributed by atoms with Crippen LogP contribution >= 0.6 is 0 Å². The standard InChI is InChI=1S/C26H29N3O5S/c1-18(2)25(28-24(30)16-19-10-5-4-6-11-19)26(31)27-20-12-9-13-21(17-20)35(32,33)29-22-14-7-8-15-23(22)34-3/h4-15,17-18,25,29H,16H2,1-3H3,(H,27,31)(H,28,30)/t25-/m0/s1. The maximum absolute atomic E-state index is 13.0. The average molecular weight is 496 g/mol. The number of anilines is 2. The highest BCUT2D eigenvalue weighted by atomic mass is 32.2. The molecule has 3 N–H and O–H groups in total. The number of nitrogens with one attached hydrogen (secondary N) is 3. The molecule has 0 saturated carbocycles. The number of ether oxygens (including phenoxy) is 1. The molecule has 0 bridgehead atoms. The van der Waals surface area contributed by atoms with Gasteiger partial charge in [0.25, 0.3) is 10.0 Å². The number of methoxy groups -OCH3 is 1. The number of hydrogen-bond donors (Lipinski definition) is 3. The molecule has 0 radical (unpaired) electrons. The number of para-hydroxylation sites is 2. The van der Waals surface area contributed by atoms with Crippen molar-refractivity contribution in [2.75, 3.05) is 17.1 Å². The molecule has 0 saturated heterocycles. The van der Waals surface area contributed by atoms with Gasteiger partial charge in [0, 0.05) is 5.69 Å². The largest absolute Gasteiger partial charge is 0.495 e. The van der Waals surface area contributed by atoms with Crippen LogP contribution in [0.5, 0.6) is 5.75 Å². The van der Waals surface area contributed by atoms with Crippen LogP contribution in [0.3, 0.4) is 0 Å². The van der Waals surface area contributed by atoms with Gasteiger partial charge in [-0.1, -0.05) is 62.4 Å². The van der Waals surface area contributed by atoms with Gasteiger partial charge in [0.2, 0.25) is 11.8 Å². The normalized spacial score (nSPS) is 12.0. The highest BCUT2D eigenvalue weighted by Crippen LogP contribution is 2.27. The van der Waals surface area contributed by atoms with Gasteiger partial charge in [0.05, 0.1) is 24.1 Å². The second-order valence-corrected chi connectivity index (χ2v) is 9.96. The summed E-state index contributed by atoms with van der Waals surface area (Å²) in [5.74, 6) is -0.517. The lowest BCUT2D eigenvalue weighted by atomic mass is 10.0. The number of amides is 2. The van der Waals surface area contributed by atoms with E-state index in [9.17, 15) is 18.0 Å². The van der Waals surface area contributed by atoms with E-state index < -0.39 is 22.0 Å². The zero-order valence-corrected chi connectivity index (χ0v) is 20.6. The van der Waals surface area contributed by atoms with Crippen molar-refractivity contribution in [2.45, 2.75) is 31.2 Å². The average Bonchev–Trinajstić information content (AvgIpc) is 2.83. The van der Waals surface area contributed by atoms with Crippen LogP contribution in [-0.2, 0) is 26.0 Å². The molecule has 1 atom stereocenters. The Morgan fingerprint density at radius 1 is 0.914 bits per heavy atom. The third kappa shape index (κ3) is 7.07. The van der Waals surface area contributed by atoms with Gasteiger partial charge in [-0.05, 0) is 41.8 Å². The van der Waals surface area contributed by atoms with E-state index >= 15 is 0 Å². The van der Waals surface area contributed by atoms with E-state index in [0.29, 0.717) is 17.1 Å². The Morgan fingerprint density at radius 3 is 2.29 bits per heavy atom. The lowest BCUT2D eigenvalue weighted by Crippen LogP contribution is -2.47. The molecule has 184 valence electrons. The first kappa shape index (κ1) is 25.8. The second-order valence-electron chi connectivity index (χ2n) is 8.27. The van der Waals surface area contributed by atoms with Crippen LogP contribution in [-0.4, -0.2) is 33.4 Å². The van der Waals surface area contributed by atoms with Crippen molar-refractivity contribution in [2.24, 2.45) is 5.92 Å². The summed E-state index contributed by atoms with van der Waals surface area (Å²) in [4.78, 5) is 25.4.